The Hall–Kier alpha value is -0.980. The molecular weight excluding hydrogens is 247 g/mol. The molecule has 3 nitrogen and oxygen atoms in total. The SMILES string of the molecule is N[C@@H](c1ccc(F)c(Cl)c1O)C(F)(F)CO. The van der Waals surface area contributed by atoms with Gasteiger partial charge in [0, 0.05) is 5.56 Å². The number of aromatic hydroxyl groups is 1. The fourth-order valence-corrected chi connectivity index (χ4v) is 1.30. The highest BCUT2D eigenvalue weighted by Crippen LogP contribution is 2.38. The topological polar surface area (TPSA) is 66.5 Å². The first-order chi connectivity index (χ1) is 7.31. The molecule has 0 aliphatic rings. The maximum Gasteiger partial charge on any atom is 0.289 e. The van der Waals surface area contributed by atoms with Gasteiger partial charge in [-0.1, -0.05) is 17.7 Å². The van der Waals surface area contributed by atoms with Crippen molar-refractivity contribution in [3.05, 3.63) is 28.5 Å². The van der Waals surface area contributed by atoms with Crippen LogP contribution in [0.1, 0.15) is 11.6 Å². The lowest BCUT2D eigenvalue weighted by Gasteiger charge is -2.22. The summed E-state index contributed by atoms with van der Waals surface area (Å²) in [5.41, 5.74) is 4.73. The summed E-state index contributed by atoms with van der Waals surface area (Å²) >= 11 is 5.33. The van der Waals surface area contributed by atoms with Gasteiger partial charge in [-0.25, -0.2) is 13.2 Å². The summed E-state index contributed by atoms with van der Waals surface area (Å²) in [4.78, 5) is 0. The molecule has 4 N–H and O–H groups in total. The Balaban J connectivity index is 3.20. The van der Waals surface area contributed by atoms with Gasteiger partial charge < -0.3 is 15.9 Å². The normalized spacial score (nSPS) is 13.9. The van der Waals surface area contributed by atoms with Crippen LogP contribution in [0.2, 0.25) is 5.02 Å². The molecule has 0 aliphatic carbocycles. The quantitative estimate of drug-likeness (QED) is 0.772. The van der Waals surface area contributed by atoms with Crippen molar-refractivity contribution in [2.45, 2.75) is 12.0 Å². The van der Waals surface area contributed by atoms with Gasteiger partial charge in [0.1, 0.15) is 29.2 Å². The molecular formula is C9H9ClF3NO2. The van der Waals surface area contributed by atoms with Gasteiger partial charge in [0.25, 0.3) is 5.92 Å². The van der Waals surface area contributed by atoms with Crippen molar-refractivity contribution >= 4 is 11.6 Å². The van der Waals surface area contributed by atoms with E-state index < -0.39 is 40.7 Å². The largest absolute Gasteiger partial charge is 0.506 e. The van der Waals surface area contributed by atoms with Crippen molar-refractivity contribution in [3.63, 3.8) is 0 Å². The number of benzene rings is 1. The molecule has 16 heavy (non-hydrogen) atoms. The van der Waals surface area contributed by atoms with Gasteiger partial charge in [0.15, 0.2) is 0 Å². The van der Waals surface area contributed by atoms with E-state index >= 15 is 0 Å². The van der Waals surface area contributed by atoms with E-state index in [2.05, 4.69) is 0 Å². The summed E-state index contributed by atoms with van der Waals surface area (Å²) in [5, 5.41) is 17.1. The van der Waals surface area contributed by atoms with E-state index in [1.54, 1.807) is 0 Å². The minimum Gasteiger partial charge on any atom is -0.506 e. The zero-order valence-corrected chi connectivity index (χ0v) is 8.68. The maximum absolute atomic E-state index is 13.0. The zero-order valence-electron chi connectivity index (χ0n) is 7.92. The fourth-order valence-electron chi connectivity index (χ4n) is 1.13. The third-order valence-corrected chi connectivity index (χ3v) is 2.46. The van der Waals surface area contributed by atoms with Crippen LogP contribution in [-0.4, -0.2) is 22.7 Å². The van der Waals surface area contributed by atoms with Gasteiger partial charge in [-0.15, -0.1) is 0 Å². The summed E-state index contributed by atoms with van der Waals surface area (Å²) in [6.07, 6.45) is 0. The number of aliphatic hydroxyl groups excluding tert-OH is 1. The molecule has 90 valence electrons. The van der Waals surface area contributed by atoms with Crippen molar-refractivity contribution < 1.29 is 23.4 Å². The first kappa shape index (κ1) is 13.1. The number of phenolic OH excluding ortho intramolecular Hbond substituents is 1. The van der Waals surface area contributed by atoms with Gasteiger partial charge in [-0.3, -0.25) is 0 Å². The Labute approximate surface area is 94.3 Å². The predicted molar refractivity (Wildman–Crippen MR) is 52.0 cm³/mol. The lowest BCUT2D eigenvalue weighted by molar-refractivity contribution is -0.0716. The molecule has 7 heteroatoms. The van der Waals surface area contributed by atoms with Crippen LogP contribution in [-0.2, 0) is 0 Å². The smallest absolute Gasteiger partial charge is 0.289 e. The first-order valence-electron chi connectivity index (χ1n) is 4.22. The molecule has 1 aromatic carbocycles. The van der Waals surface area contributed by atoms with Crippen molar-refractivity contribution in [1.82, 2.24) is 0 Å². The van der Waals surface area contributed by atoms with E-state index in [0.29, 0.717) is 0 Å². The molecule has 1 atom stereocenters. The van der Waals surface area contributed by atoms with Crippen molar-refractivity contribution in [1.29, 1.82) is 0 Å². The van der Waals surface area contributed by atoms with E-state index in [0.717, 1.165) is 12.1 Å². The number of rotatable bonds is 3. The molecule has 1 rings (SSSR count). The average Bonchev–Trinajstić information content (AvgIpc) is 2.25. The Morgan fingerprint density at radius 2 is 2.00 bits per heavy atom. The number of hydrogen-bond donors (Lipinski definition) is 3. The van der Waals surface area contributed by atoms with Crippen LogP contribution < -0.4 is 5.73 Å². The molecule has 0 heterocycles. The molecule has 0 aliphatic heterocycles. The van der Waals surface area contributed by atoms with Gasteiger partial charge in [0.2, 0.25) is 0 Å². The molecule has 0 amide bonds. The van der Waals surface area contributed by atoms with Crippen LogP contribution in [0.3, 0.4) is 0 Å². The molecule has 0 saturated heterocycles. The Morgan fingerprint density at radius 1 is 1.44 bits per heavy atom. The summed E-state index contributed by atoms with van der Waals surface area (Å²) < 4.78 is 38.9. The van der Waals surface area contributed by atoms with Crippen LogP contribution in [0, 0.1) is 5.82 Å². The molecule has 0 fully saturated rings. The van der Waals surface area contributed by atoms with Crippen LogP contribution in [0.25, 0.3) is 0 Å². The van der Waals surface area contributed by atoms with Crippen LogP contribution in [0.15, 0.2) is 12.1 Å². The van der Waals surface area contributed by atoms with Crippen LogP contribution >= 0.6 is 11.6 Å². The van der Waals surface area contributed by atoms with Gasteiger partial charge in [-0.2, -0.15) is 0 Å². The molecule has 0 spiro atoms. The highest BCUT2D eigenvalue weighted by Gasteiger charge is 2.39. The number of aliphatic hydroxyl groups is 1. The highest BCUT2D eigenvalue weighted by molar-refractivity contribution is 6.32. The number of nitrogens with two attached hydrogens (primary N) is 1. The number of phenols is 1. The van der Waals surface area contributed by atoms with Gasteiger partial charge in [-0.05, 0) is 6.07 Å². The van der Waals surface area contributed by atoms with E-state index in [1.807, 2.05) is 0 Å². The molecule has 0 unspecified atom stereocenters. The minimum absolute atomic E-state index is 0.426. The second kappa shape index (κ2) is 4.48. The Bertz CT molecular complexity index is 401. The minimum atomic E-state index is -3.63. The molecule has 0 saturated carbocycles. The predicted octanol–water partition coefficient (Wildman–Crippen LogP) is 1.81. The molecule has 1 aromatic rings. The van der Waals surface area contributed by atoms with Crippen LogP contribution in [0.4, 0.5) is 13.2 Å². The maximum atomic E-state index is 13.0. The highest BCUT2D eigenvalue weighted by atomic mass is 35.5. The number of alkyl halides is 2. The summed E-state index contributed by atoms with van der Waals surface area (Å²) in [5.74, 6) is -5.41. The van der Waals surface area contributed by atoms with Gasteiger partial charge >= 0.3 is 0 Å². The summed E-state index contributed by atoms with van der Waals surface area (Å²) in [7, 11) is 0. The summed E-state index contributed by atoms with van der Waals surface area (Å²) in [6, 6.07) is -0.259. The fraction of sp³-hybridized carbons (Fsp3) is 0.333. The second-order valence-corrected chi connectivity index (χ2v) is 3.57. The van der Waals surface area contributed by atoms with Gasteiger partial charge in [0.05, 0.1) is 0 Å². The summed E-state index contributed by atoms with van der Waals surface area (Å²) in [6.45, 7) is -1.48. The molecule has 0 radical (unpaired) electrons. The number of halogens is 4. The Morgan fingerprint density at radius 3 is 2.50 bits per heavy atom. The average molecular weight is 256 g/mol. The molecule has 0 aromatic heterocycles. The van der Waals surface area contributed by atoms with E-state index in [1.165, 1.54) is 0 Å². The first-order valence-corrected chi connectivity index (χ1v) is 4.60. The van der Waals surface area contributed by atoms with Crippen LogP contribution in [0.5, 0.6) is 5.75 Å². The third-order valence-electron chi connectivity index (χ3n) is 2.10. The Kier molecular flexibility index (Phi) is 3.67. The number of hydrogen-bond acceptors (Lipinski definition) is 3. The standard InChI is InChI=1S/C9H9ClF3NO2/c10-6-5(11)2-1-4(7(6)16)8(14)9(12,13)3-15/h1-2,8,15-16H,3,14H2/t8-/m0/s1. The monoisotopic (exact) mass is 255 g/mol. The van der Waals surface area contributed by atoms with Crippen molar-refractivity contribution in [2.75, 3.05) is 6.61 Å². The lowest BCUT2D eigenvalue weighted by Crippen LogP contribution is -2.36. The third kappa shape index (κ3) is 2.23. The zero-order chi connectivity index (χ0) is 12.5. The molecule has 0 bridgehead atoms. The van der Waals surface area contributed by atoms with Crippen molar-refractivity contribution in [3.8, 4) is 5.75 Å². The lowest BCUT2D eigenvalue weighted by atomic mass is 10.0. The van der Waals surface area contributed by atoms with E-state index in [-0.39, 0.29) is 0 Å². The van der Waals surface area contributed by atoms with E-state index in [9.17, 15) is 18.3 Å². The van der Waals surface area contributed by atoms with Crippen molar-refractivity contribution in [2.24, 2.45) is 5.73 Å². The van der Waals surface area contributed by atoms with E-state index in [4.69, 9.17) is 22.4 Å². The second-order valence-electron chi connectivity index (χ2n) is 3.20.